The van der Waals surface area contributed by atoms with E-state index >= 15 is 0 Å². The van der Waals surface area contributed by atoms with Crippen molar-refractivity contribution in [1.29, 1.82) is 0 Å². The van der Waals surface area contributed by atoms with Crippen LogP contribution in [0.4, 0.5) is 23.7 Å². The summed E-state index contributed by atoms with van der Waals surface area (Å²) in [4.78, 5) is 43.9. The van der Waals surface area contributed by atoms with E-state index in [4.69, 9.17) is 16.3 Å². The molecule has 1 aliphatic carbocycles. The third-order valence-corrected chi connectivity index (χ3v) is 6.76. The van der Waals surface area contributed by atoms with Crippen molar-refractivity contribution in [3.63, 3.8) is 0 Å². The minimum absolute atomic E-state index is 0.102. The fourth-order valence-corrected chi connectivity index (χ4v) is 4.41. The van der Waals surface area contributed by atoms with Crippen molar-refractivity contribution in [2.24, 2.45) is 5.92 Å². The van der Waals surface area contributed by atoms with E-state index < -0.39 is 29.5 Å². The van der Waals surface area contributed by atoms with Gasteiger partial charge in [0.05, 0.1) is 16.1 Å². The molecule has 0 unspecified atom stereocenters. The fourth-order valence-electron chi connectivity index (χ4n) is 4.19. The molecule has 2 aromatic rings. The number of carbonyl (C=O) groups excluding carboxylic acids is 3. The monoisotopic (exact) mass is 526 g/mol. The van der Waals surface area contributed by atoms with Crippen molar-refractivity contribution in [1.82, 2.24) is 15.2 Å². The van der Waals surface area contributed by atoms with Crippen LogP contribution in [-0.2, 0) is 11.0 Å². The van der Waals surface area contributed by atoms with Gasteiger partial charge in [-0.05, 0) is 50.8 Å². The van der Waals surface area contributed by atoms with E-state index in [2.05, 4.69) is 10.3 Å². The topological polar surface area (TPSA) is 94.7 Å². The van der Waals surface area contributed by atoms with E-state index in [1.807, 2.05) is 0 Å². The molecule has 0 atom stereocenters. The molecule has 1 aromatic carbocycles. The minimum atomic E-state index is -4.58. The second kappa shape index (κ2) is 10.0. The predicted octanol–water partition coefficient (Wildman–Crippen LogP) is 4.33. The number of ketones is 1. The van der Waals surface area contributed by atoms with Crippen molar-refractivity contribution < 1.29 is 32.3 Å². The molecule has 0 spiro atoms. The number of hydrogen-bond acceptors (Lipinski definition) is 5. The number of anilines is 1. The molecule has 2 aliphatic rings. The van der Waals surface area contributed by atoms with Gasteiger partial charge in [-0.3, -0.25) is 9.59 Å². The number of aromatic nitrogens is 1. The highest BCUT2D eigenvalue weighted by atomic mass is 35.5. The van der Waals surface area contributed by atoms with Crippen LogP contribution < -0.4 is 15.0 Å². The number of benzene rings is 1. The average molecular weight is 527 g/mol. The zero-order chi connectivity index (χ0) is 26.2. The summed E-state index contributed by atoms with van der Waals surface area (Å²) in [5.74, 6) is -0.888. The molecule has 4 rings (SSSR count). The smallest absolute Gasteiger partial charge is 0.393 e. The molecule has 2 N–H and O–H groups in total. The van der Waals surface area contributed by atoms with Gasteiger partial charge in [-0.1, -0.05) is 11.6 Å². The Morgan fingerprint density at radius 2 is 1.81 bits per heavy atom. The Hall–Kier alpha value is -3.21. The van der Waals surface area contributed by atoms with Crippen LogP contribution in [0, 0.1) is 19.8 Å². The number of aromatic amines is 1. The Labute approximate surface area is 210 Å². The van der Waals surface area contributed by atoms with E-state index in [9.17, 15) is 27.6 Å². The first kappa shape index (κ1) is 25.9. The lowest BCUT2D eigenvalue weighted by Crippen LogP contribution is -2.50. The number of aryl methyl sites for hydroxylation is 1. The number of Topliss-reactive ketones (excluding diaryl/α,β-unsaturated/α-hetero) is 1. The highest BCUT2D eigenvalue weighted by molar-refractivity contribution is 6.43. The lowest BCUT2D eigenvalue weighted by atomic mass is 10.1. The Balaban J connectivity index is 1.39. The molecule has 12 heteroatoms. The molecule has 0 radical (unpaired) electrons. The van der Waals surface area contributed by atoms with Crippen LogP contribution in [-0.4, -0.2) is 60.4 Å². The van der Waals surface area contributed by atoms with Gasteiger partial charge in [0.2, 0.25) is 5.88 Å². The van der Waals surface area contributed by atoms with Gasteiger partial charge in [0.25, 0.3) is 11.7 Å². The Bertz CT molecular complexity index is 1180. The summed E-state index contributed by atoms with van der Waals surface area (Å²) in [5.41, 5.74) is 0.305. The van der Waals surface area contributed by atoms with Crippen LogP contribution in [0.2, 0.25) is 5.02 Å². The Morgan fingerprint density at radius 1 is 1.14 bits per heavy atom. The number of ether oxygens (including phenoxy) is 1. The number of alkyl halides is 3. The number of carbonyl (C=O) groups is 3. The van der Waals surface area contributed by atoms with Crippen molar-refractivity contribution in [3.8, 4) is 5.88 Å². The first-order valence-corrected chi connectivity index (χ1v) is 11.9. The maximum Gasteiger partial charge on any atom is 0.417 e. The highest BCUT2D eigenvalue weighted by Gasteiger charge is 2.35. The van der Waals surface area contributed by atoms with E-state index in [-0.39, 0.29) is 42.6 Å². The van der Waals surface area contributed by atoms with Gasteiger partial charge < -0.3 is 24.8 Å². The number of halogens is 4. The predicted molar refractivity (Wildman–Crippen MR) is 127 cm³/mol. The van der Waals surface area contributed by atoms with Crippen molar-refractivity contribution in [3.05, 3.63) is 45.6 Å². The van der Waals surface area contributed by atoms with Crippen LogP contribution in [0.15, 0.2) is 18.2 Å². The number of hydrogen-bond donors (Lipinski definition) is 2. The van der Waals surface area contributed by atoms with Gasteiger partial charge in [-0.2, -0.15) is 13.2 Å². The fraction of sp³-hybridized carbons (Fsp3) is 0.458. The van der Waals surface area contributed by atoms with Gasteiger partial charge in [0.15, 0.2) is 0 Å². The molecule has 1 saturated heterocycles. The van der Waals surface area contributed by atoms with E-state index in [0.717, 1.165) is 18.9 Å². The van der Waals surface area contributed by atoms with Gasteiger partial charge >= 0.3 is 12.3 Å². The molecule has 194 valence electrons. The lowest BCUT2D eigenvalue weighted by Gasteiger charge is -2.36. The van der Waals surface area contributed by atoms with Crippen LogP contribution in [0.1, 0.15) is 40.0 Å². The summed E-state index contributed by atoms with van der Waals surface area (Å²) in [6, 6.07) is 3.68. The molecule has 8 nitrogen and oxygen atoms in total. The van der Waals surface area contributed by atoms with Gasteiger partial charge in [0, 0.05) is 49.7 Å². The molecule has 1 aliphatic heterocycles. The molecular formula is C24H26ClF3N4O4. The third-order valence-electron chi connectivity index (χ3n) is 6.43. The second-order valence-corrected chi connectivity index (χ2v) is 9.47. The van der Waals surface area contributed by atoms with Gasteiger partial charge in [-0.15, -0.1) is 0 Å². The van der Waals surface area contributed by atoms with Crippen molar-refractivity contribution in [2.45, 2.75) is 32.9 Å². The molecule has 1 aromatic heterocycles. The average Bonchev–Trinajstić information content (AvgIpc) is 3.62. The van der Waals surface area contributed by atoms with Crippen LogP contribution in [0.5, 0.6) is 5.88 Å². The molecule has 36 heavy (non-hydrogen) atoms. The van der Waals surface area contributed by atoms with Crippen LogP contribution in [0.3, 0.4) is 0 Å². The van der Waals surface area contributed by atoms with Crippen LogP contribution in [0.25, 0.3) is 0 Å². The maximum atomic E-state index is 13.2. The maximum absolute atomic E-state index is 13.2. The van der Waals surface area contributed by atoms with Gasteiger partial charge in [0.1, 0.15) is 0 Å². The number of piperazine rings is 1. The normalized spacial score (nSPS) is 16.2. The summed E-state index contributed by atoms with van der Waals surface area (Å²) < 4.78 is 44.9. The summed E-state index contributed by atoms with van der Waals surface area (Å²) in [6.07, 6.45) is -3.07. The lowest BCUT2D eigenvalue weighted by molar-refractivity contribution is -0.137. The summed E-state index contributed by atoms with van der Waals surface area (Å²) in [5, 5.41) is 2.29. The molecule has 1 saturated carbocycles. The number of rotatable bonds is 6. The minimum Gasteiger partial charge on any atom is -0.393 e. The number of nitrogens with one attached hydrogen (secondary N) is 2. The quantitative estimate of drug-likeness (QED) is 0.431. The molecule has 2 heterocycles. The molecule has 0 bridgehead atoms. The standard InChI is InChI=1S/C24H26ClF3N4O4/c1-13-19(14(2)30-21(13)36-23(35)29-12-15-3-4-15)20(33)22(34)32-9-7-31(8-10-32)16-5-6-18(25)17(11-16)24(26,27)28/h5-6,11,15,30H,3-4,7-10,12H2,1-2H3,(H,29,35). The molecule has 2 fully saturated rings. The Kier molecular flexibility index (Phi) is 7.21. The van der Waals surface area contributed by atoms with E-state index in [1.54, 1.807) is 18.7 Å². The van der Waals surface area contributed by atoms with Gasteiger partial charge in [-0.25, -0.2) is 4.79 Å². The second-order valence-electron chi connectivity index (χ2n) is 9.06. The molecule has 2 amide bonds. The van der Waals surface area contributed by atoms with Crippen LogP contribution >= 0.6 is 11.6 Å². The van der Waals surface area contributed by atoms with Crippen molar-refractivity contribution >= 4 is 35.1 Å². The van der Waals surface area contributed by atoms with E-state index in [1.165, 1.54) is 17.0 Å². The Morgan fingerprint density at radius 3 is 2.42 bits per heavy atom. The first-order chi connectivity index (χ1) is 17.0. The SMILES string of the molecule is Cc1[nH]c(OC(=O)NCC2CC2)c(C)c1C(=O)C(=O)N1CCN(c2ccc(Cl)c(C(F)(F)F)c2)CC1. The summed E-state index contributed by atoms with van der Waals surface area (Å²) in [6.45, 7) is 4.54. The number of nitrogens with zero attached hydrogens (tertiary/aromatic N) is 2. The number of amides is 2. The summed E-state index contributed by atoms with van der Waals surface area (Å²) in [7, 11) is 0. The van der Waals surface area contributed by atoms with E-state index in [0.29, 0.717) is 29.4 Å². The largest absolute Gasteiger partial charge is 0.417 e. The zero-order valence-electron chi connectivity index (χ0n) is 19.8. The molecular weight excluding hydrogens is 501 g/mol. The highest BCUT2D eigenvalue weighted by Crippen LogP contribution is 2.37. The first-order valence-electron chi connectivity index (χ1n) is 11.6. The number of H-pyrrole nitrogens is 1. The zero-order valence-corrected chi connectivity index (χ0v) is 20.6. The summed E-state index contributed by atoms with van der Waals surface area (Å²) >= 11 is 5.70. The van der Waals surface area contributed by atoms with Crippen molar-refractivity contribution in [2.75, 3.05) is 37.6 Å². The third kappa shape index (κ3) is 5.61.